The van der Waals surface area contributed by atoms with Gasteiger partial charge in [-0.05, 0) is 29.8 Å². The second-order valence-corrected chi connectivity index (χ2v) is 8.18. The number of pyridine rings is 1. The first kappa shape index (κ1) is 18.4. The first-order valence-electron chi connectivity index (χ1n) is 8.66. The molecule has 0 unspecified atom stereocenters. The standard InChI is InChI=1S/C19H12Cl3N5O2/c20-9-1-2-10(23-6-9)8-27-17-12(7-24-27)19(5-16(28)26-17)11-3-13(21)14(22)4-15(11)25-18(19)29/h1-4,6-7H,5,8H2,(H,25,29)(H,26,28)/t19-/m1/s1. The monoisotopic (exact) mass is 447 g/mol. The van der Waals surface area contributed by atoms with Crippen molar-refractivity contribution >= 4 is 58.1 Å². The highest BCUT2D eigenvalue weighted by Crippen LogP contribution is 2.51. The van der Waals surface area contributed by atoms with E-state index >= 15 is 0 Å². The second-order valence-electron chi connectivity index (χ2n) is 6.93. The van der Waals surface area contributed by atoms with Crippen LogP contribution in [0.5, 0.6) is 0 Å². The van der Waals surface area contributed by atoms with Crippen LogP contribution in [0.2, 0.25) is 15.1 Å². The summed E-state index contributed by atoms with van der Waals surface area (Å²) in [5, 5.41) is 11.2. The summed E-state index contributed by atoms with van der Waals surface area (Å²) in [6.45, 7) is 0.304. The Morgan fingerprint density at radius 1 is 1.03 bits per heavy atom. The number of nitrogens with one attached hydrogen (secondary N) is 2. The van der Waals surface area contributed by atoms with Gasteiger partial charge < -0.3 is 10.6 Å². The van der Waals surface area contributed by atoms with E-state index in [9.17, 15) is 9.59 Å². The number of nitrogens with zero attached hydrogens (tertiary/aromatic N) is 3. The van der Waals surface area contributed by atoms with Crippen LogP contribution >= 0.6 is 34.8 Å². The largest absolute Gasteiger partial charge is 0.325 e. The maximum absolute atomic E-state index is 13.1. The van der Waals surface area contributed by atoms with Crippen LogP contribution in [0.4, 0.5) is 11.5 Å². The van der Waals surface area contributed by atoms with Gasteiger partial charge in [0, 0.05) is 23.9 Å². The molecule has 0 fully saturated rings. The third kappa shape index (κ3) is 2.73. The molecule has 7 nitrogen and oxygen atoms in total. The van der Waals surface area contributed by atoms with Gasteiger partial charge in [-0.2, -0.15) is 5.10 Å². The summed E-state index contributed by atoms with van der Waals surface area (Å²) in [4.78, 5) is 30.0. The summed E-state index contributed by atoms with van der Waals surface area (Å²) < 4.78 is 1.60. The van der Waals surface area contributed by atoms with Crippen molar-refractivity contribution in [2.24, 2.45) is 0 Å². The Morgan fingerprint density at radius 3 is 2.59 bits per heavy atom. The quantitative estimate of drug-likeness (QED) is 0.623. The van der Waals surface area contributed by atoms with Crippen molar-refractivity contribution in [3.05, 3.63) is 68.5 Å². The van der Waals surface area contributed by atoms with Crippen molar-refractivity contribution in [2.45, 2.75) is 18.4 Å². The van der Waals surface area contributed by atoms with E-state index in [0.717, 1.165) is 0 Å². The van der Waals surface area contributed by atoms with Crippen LogP contribution < -0.4 is 10.6 Å². The molecule has 1 aromatic carbocycles. The van der Waals surface area contributed by atoms with E-state index in [1.165, 1.54) is 0 Å². The van der Waals surface area contributed by atoms with Crippen molar-refractivity contribution < 1.29 is 9.59 Å². The van der Waals surface area contributed by atoms with Crippen LogP contribution in [0.1, 0.15) is 23.2 Å². The molecule has 10 heteroatoms. The Balaban J connectivity index is 1.65. The molecule has 3 aromatic rings. The first-order valence-corrected chi connectivity index (χ1v) is 9.79. The van der Waals surface area contributed by atoms with E-state index < -0.39 is 5.41 Å². The lowest BCUT2D eigenvalue weighted by molar-refractivity contribution is -0.125. The fourth-order valence-electron chi connectivity index (χ4n) is 3.91. The molecule has 2 aliphatic rings. The predicted octanol–water partition coefficient (Wildman–Crippen LogP) is 3.87. The number of benzene rings is 1. The number of carbonyl (C=O) groups is 2. The van der Waals surface area contributed by atoms with Gasteiger partial charge in [0.1, 0.15) is 11.2 Å². The van der Waals surface area contributed by atoms with Crippen molar-refractivity contribution in [3.63, 3.8) is 0 Å². The maximum Gasteiger partial charge on any atom is 0.240 e. The molecule has 4 heterocycles. The summed E-state index contributed by atoms with van der Waals surface area (Å²) in [6, 6.07) is 6.74. The molecule has 0 radical (unpaired) electrons. The lowest BCUT2D eigenvalue weighted by Crippen LogP contribution is -2.43. The first-order chi connectivity index (χ1) is 13.9. The van der Waals surface area contributed by atoms with E-state index in [1.807, 2.05) is 0 Å². The Labute approximate surface area is 180 Å². The van der Waals surface area contributed by atoms with Gasteiger partial charge >= 0.3 is 0 Å². The molecule has 5 rings (SSSR count). The number of halogens is 3. The van der Waals surface area contributed by atoms with E-state index in [4.69, 9.17) is 34.8 Å². The molecule has 29 heavy (non-hydrogen) atoms. The Morgan fingerprint density at radius 2 is 1.83 bits per heavy atom. The zero-order valence-electron chi connectivity index (χ0n) is 14.7. The van der Waals surface area contributed by atoms with E-state index in [2.05, 4.69) is 20.7 Å². The lowest BCUT2D eigenvalue weighted by atomic mass is 9.72. The average Bonchev–Trinajstić information content (AvgIpc) is 3.18. The van der Waals surface area contributed by atoms with Crippen molar-refractivity contribution in [1.82, 2.24) is 14.8 Å². The predicted molar refractivity (Wildman–Crippen MR) is 110 cm³/mol. The zero-order chi connectivity index (χ0) is 20.3. The molecule has 2 aliphatic heterocycles. The van der Waals surface area contributed by atoms with Gasteiger partial charge in [-0.1, -0.05) is 34.8 Å². The van der Waals surface area contributed by atoms with E-state index in [0.29, 0.717) is 49.9 Å². The molecule has 0 saturated carbocycles. The highest BCUT2D eigenvalue weighted by Gasteiger charge is 2.54. The molecule has 0 bridgehead atoms. The van der Waals surface area contributed by atoms with Crippen LogP contribution in [-0.2, 0) is 21.5 Å². The lowest BCUT2D eigenvalue weighted by Gasteiger charge is -2.31. The fraction of sp³-hybridized carbons (Fsp3) is 0.158. The van der Waals surface area contributed by atoms with Gasteiger partial charge in [0.2, 0.25) is 11.8 Å². The van der Waals surface area contributed by atoms with Crippen LogP contribution in [0, 0.1) is 0 Å². The molecule has 2 N–H and O–H groups in total. The van der Waals surface area contributed by atoms with Crippen LogP contribution in [0.25, 0.3) is 0 Å². The van der Waals surface area contributed by atoms with Gasteiger partial charge in [0.05, 0.1) is 33.5 Å². The van der Waals surface area contributed by atoms with Gasteiger partial charge in [-0.25, -0.2) is 4.68 Å². The number of aromatic nitrogens is 3. The maximum atomic E-state index is 13.1. The molecule has 0 aliphatic carbocycles. The van der Waals surface area contributed by atoms with E-state index in [-0.39, 0.29) is 18.2 Å². The summed E-state index contributed by atoms with van der Waals surface area (Å²) in [5.74, 6) is -0.157. The van der Waals surface area contributed by atoms with Crippen molar-refractivity contribution in [2.75, 3.05) is 10.6 Å². The number of rotatable bonds is 2. The minimum absolute atomic E-state index is 0.0539. The molecule has 1 spiro atoms. The van der Waals surface area contributed by atoms with Crippen LogP contribution in [0.15, 0.2) is 36.7 Å². The molecule has 2 aromatic heterocycles. The number of carbonyl (C=O) groups excluding carboxylic acids is 2. The Kier molecular flexibility index (Phi) is 4.10. The summed E-state index contributed by atoms with van der Waals surface area (Å²) in [6.07, 6.45) is 3.09. The average molecular weight is 449 g/mol. The van der Waals surface area contributed by atoms with Crippen molar-refractivity contribution in [3.8, 4) is 0 Å². The SMILES string of the molecule is O=C1C[C@]2(C(=O)Nc3cc(Cl)c(Cl)cc32)c2cnn(Cc3ccc(Cl)cn3)c2N1. The third-order valence-electron chi connectivity index (χ3n) is 5.24. The highest BCUT2D eigenvalue weighted by molar-refractivity contribution is 6.42. The fourth-order valence-corrected chi connectivity index (χ4v) is 4.35. The summed E-state index contributed by atoms with van der Waals surface area (Å²) in [5.41, 5.74) is 1.24. The van der Waals surface area contributed by atoms with Gasteiger partial charge in [0.15, 0.2) is 0 Å². The third-order valence-corrected chi connectivity index (χ3v) is 6.18. The minimum atomic E-state index is -1.22. The van der Waals surface area contributed by atoms with Crippen LogP contribution in [0.3, 0.4) is 0 Å². The summed E-state index contributed by atoms with van der Waals surface area (Å²) in [7, 11) is 0. The summed E-state index contributed by atoms with van der Waals surface area (Å²) >= 11 is 18.2. The molecule has 0 saturated heterocycles. The van der Waals surface area contributed by atoms with Gasteiger partial charge in [-0.15, -0.1) is 0 Å². The van der Waals surface area contributed by atoms with Crippen molar-refractivity contribution in [1.29, 1.82) is 0 Å². The number of fused-ring (bicyclic) bond motifs is 4. The van der Waals surface area contributed by atoms with E-state index in [1.54, 1.807) is 41.3 Å². The molecule has 146 valence electrons. The Hall–Kier alpha value is -2.61. The Bertz CT molecular complexity index is 1190. The van der Waals surface area contributed by atoms with Crippen LogP contribution in [-0.4, -0.2) is 26.6 Å². The minimum Gasteiger partial charge on any atom is -0.325 e. The number of amides is 2. The number of hydrogen-bond donors (Lipinski definition) is 2. The molecule has 1 atom stereocenters. The molecule has 2 amide bonds. The normalized spacial score (nSPS) is 19.7. The zero-order valence-corrected chi connectivity index (χ0v) is 16.9. The number of anilines is 2. The molecular weight excluding hydrogens is 437 g/mol. The van der Waals surface area contributed by atoms with Gasteiger partial charge in [0.25, 0.3) is 0 Å². The molecular formula is C19H12Cl3N5O2. The highest BCUT2D eigenvalue weighted by atomic mass is 35.5. The second kappa shape index (κ2) is 6.45. The topological polar surface area (TPSA) is 88.9 Å². The van der Waals surface area contributed by atoms with Gasteiger partial charge in [-0.3, -0.25) is 14.6 Å². The number of hydrogen-bond acceptors (Lipinski definition) is 4. The smallest absolute Gasteiger partial charge is 0.240 e.